The number of aromatic nitrogens is 6. The zero-order valence-electron chi connectivity index (χ0n) is 13.5. The Bertz CT molecular complexity index is 856. The van der Waals surface area contributed by atoms with Crippen molar-refractivity contribution in [3.63, 3.8) is 0 Å². The number of amides is 1. The molecule has 3 aromatic heterocycles. The Morgan fingerprint density at radius 3 is 3.24 bits per heavy atom. The van der Waals surface area contributed by atoms with Gasteiger partial charge in [0.25, 0.3) is 0 Å². The lowest BCUT2D eigenvalue weighted by Gasteiger charge is -2.22. The fourth-order valence-electron chi connectivity index (χ4n) is 2.87. The third-order valence-electron chi connectivity index (χ3n) is 4.12. The number of H-pyrrole nitrogens is 2. The lowest BCUT2D eigenvalue weighted by Crippen LogP contribution is -2.42. The maximum absolute atomic E-state index is 12.4. The van der Waals surface area contributed by atoms with E-state index in [1.54, 1.807) is 18.7 Å². The summed E-state index contributed by atoms with van der Waals surface area (Å²) in [6.07, 6.45) is 6.47. The van der Waals surface area contributed by atoms with Crippen molar-refractivity contribution in [1.29, 1.82) is 0 Å². The lowest BCUT2D eigenvalue weighted by atomic mass is 10.1. The number of imidazole rings is 1. The van der Waals surface area contributed by atoms with Gasteiger partial charge in [0.1, 0.15) is 11.9 Å². The maximum Gasteiger partial charge on any atom is 0.243 e. The molecule has 0 radical (unpaired) electrons. The minimum absolute atomic E-state index is 0.0833. The number of carbonyl (C=O) groups is 1. The lowest BCUT2D eigenvalue weighted by molar-refractivity contribution is -0.123. The zero-order chi connectivity index (χ0) is 17.1. The van der Waals surface area contributed by atoms with Gasteiger partial charge in [-0.2, -0.15) is 5.10 Å². The molecule has 0 fully saturated rings. The molecule has 3 aromatic rings. The number of hydrogen-bond donors (Lipinski definition) is 4. The van der Waals surface area contributed by atoms with E-state index in [0.29, 0.717) is 18.8 Å². The number of pyridine rings is 1. The van der Waals surface area contributed by atoms with Crippen LogP contribution >= 0.6 is 0 Å². The maximum atomic E-state index is 12.4. The first-order chi connectivity index (χ1) is 12.3. The highest BCUT2D eigenvalue weighted by atomic mass is 16.2. The van der Waals surface area contributed by atoms with Crippen LogP contribution in [0.3, 0.4) is 0 Å². The molecule has 1 amide bonds. The summed E-state index contributed by atoms with van der Waals surface area (Å²) >= 11 is 0. The fraction of sp³-hybridized carbons (Fsp3) is 0.312. The van der Waals surface area contributed by atoms with E-state index in [0.717, 1.165) is 35.7 Å². The molecule has 4 rings (SSSR count). The van der Waals surface area contributed by atoms with Gasteiger partial charge < -0.3 is 15.6 Å². The largest absolute Gasteiger partial charge is 0.354 e. The molecule has 0 spiro atoms. The predicted molar refractivity (Wildman–Crippen MR) is 89.4 cm³/mol. The normalized spacial score (nSPS) is 16.4. The van der Waals surface area contributed by atoms with Gasteiger partial charge in [0, 0.05) is 49.6 Å². The van der Waals surface area contributed by atoms with E-state index in [1.165, 1.54) is 0 Å². The molecule has 1 atom stereocenters. The molecule has 0 aliphatic carbocycles. The van der Waals surface area contributed by atoms with Crippen molar-refractivity contribution < 1.29 is 4.79 Å². The molecule has 4 heterocycles. The Morgan fingerprint density at radius 2 is 2.36 bits per heavy atom. The van der Waals surface area contributed by atoms with Crippen molar-refractivity contribution in [2.24, 2.45) is 0 Å². The number of rotatable bonds is 5. The number of nitrogens with one attached hydrogen (secondary N) is 4. The van der Waals surface area contributed by atoms with Gasteiger partial charge in [-0.1, -0.05) is 0 Å². The number of nitrogens with zero attached hydrogens (tertiary/aromatic N) is 4. The Balaban J connectivity index is 1.33. The fourth-order valence-corrected chi connectivity index (χ4v) is 2.87. The summed E-state index contributed by atoms with van der Waals surface area (Å²) < 4.78 is 0. The molecule has 25 heavy (non-hydrogen) atoms. The molecule has 0 saturated carbocycles. The van der Waals surface area contributed by atoms with Crippen LogP contribution in [0.25, 0.3) is 11.4 Å². The van der Waals surface area contributed by atoms with Crippen molar-refractivity contribution in [3.05, 3.63) is 48.1 Å². The van der Waals surface area contributed by atoms with Crippen LogP contribution in [-0.4, -0.2) is 49.1 Å². The average molecular weight is 338 g/mol. The van der Waals surface area contributed by atoms with E-state index in [4.69, 9.17) is 0 Å². The van der Waals surface area contributed by atoms with Gasteiger partial charge in [0.2, 0.25) is 5.91 Å². The third-order valence-corrected chi connectivity index (χ3v) is 4.12. The van der Waals surface area contributed by atoms with Gasteiger partial charge in [-0.3, -0.25) is 14.9 Å². The zero-order valence-corrected chi connectivity index (χ0v) is 13.5. The van der Waals surface area contributed by atoms with Gasteiger partial charge in [-0.05, 0) is 12.1 Å². The second-order valence-electron chi connectivity index (χ2n) is 5.79. The Hall–Kier alpha value is -3.07. The first-order valence-corrected chi connectivity index (χ1v) is 8.16. The molecular formula is C16H18N8O. The monoisotopic (exact) mass is 338 g/mol. The van der Waals surface area contributed by atoms with E-state index in [-0.39, 0.29) is 5.91 Å². The van der Waals surface area contributed by atoms with Crippen molar-refractivity contribution in [2.75, 3.05) is 13.1 Å². The van der Waals surface area contributed by atoms with Crippen molar-refractivity contribution in [1.82, 2.24) is 40.8 Å². The number of carbonyl (C=O) groups excluding carboxylic acids is 1. The molecular weight excluding hydrogens is 320 g/mol. The second kappa shape index (κ2) is 6.81. The Kier molecular flexibility index (Phi) is 4.21. The highest BCUT2D eigenvalue weighted by Crippen LogP contribution is 2.19. The van der Waals surface area contributed by atoms with Crippen LogP contribution < -0.4 is 10.6 Å². The predicted octanol–water partition coefficient (Wildman–Crippen LogP) is 0.136. The summed E-state index contributed by atoms with van der Waals surface area (Å²) in [5.74, 6) is 1.24. The first-order valence-electron chi connectivity index (χ1n) is 8.16. The summed E-state index contributed by atoms with van der Waals surface area (Å²) in [5, 5.41) is 13.2. The summed E-state index contributed by atoms with van der Waals surface area (Å²) in [4.78, 5) is 28.2. The van der Waals surface area contributed by atoms with E-state index in [2.05, 4.69) is 40.8 Å². The van der Waals surface area contributed by atoms with E-state index >= 15 is 0 Å². The van der Waals surface area contributed by atoms with E-state index in [9.17, 15) is 4.79 Å². The number of hydrogen-bond acceptors (Lipinski definition) is 6. The Morgan fingerprint density at radius 1 is 1.40 bits per heavy atom. The van der Waals surface area contributed by atoms with Gasteiger partial charge in [-0.15, -0.1) is 0 Å². The number of aromatic amines is 2. The molecule has 0 unspecified atom stereocenters. The van der Waals surface area contributed by atoms with Crippen LogP contribution in [0.2, 0.25) is 0 Å². The van der Waals surface area contributed by atoms with Crippen molar-refractivity contribution >= 4 is 5.91 Å². The van der Waals surface area contributed by atoms with Gasteiger partial charge in [0.05, 0.1) is 12.0 Å². The van der Waals surface area contributed by atoms with Crippen LogP contribution in [0.5, 0.6) is 0 Å². The van der Waals surface area contributed by atoms with Crippen molar-refractivity contribution in [2.45, 2.75) is 18.9 Å². The third kappa shape index (κ3) is 3.26. The molecule has 4 N–H and O–H groups in total. The minimum Gasteiger partial charge on any atom is -0.354 e. The summed E-state index contributed by atoms with van der Waals surface area (Å²) in [7, 11) is 0. The average Bonchev–Trinajstić information content (AvgIpc) is 3.31. The molecule has 9 heteroatoms. The quantitative estimate of drug-likeness (QED) is 0.524. The van der Waals surface area contributed by atoms with E-state index < -0.39 is 6.04 Å². The SMILES string of the molecule is O=C(NCCc1nc(-c2cccnc2)n[nH]1)[C@@H]1NCCc2[nH]cnc21. The van der Waals surface area contributed by atoms with Crippen molar-refractivity contribution in [3.8, 4) is 11.4 Å². The topological polar surface area (TPSA) is 124 Å². The van der Waals surface area contributed by atoms with Crippen LogP contribution in [0.1, 0.15) is 23.3 Å². The highest BCUT2D eigenvalue weighted by molar-refractivity contribution is 5.83. The number of fused-ring (bicyclic) bond motifs is 1. The van der Waals surface area contributed by atoms with Crippen LogP contribution in [-0.2, 0) is 17.6 Å². The summed E-state index contributed by atoms with van der Waals surface area (Å²) in [6, 6.07) is 3.33. The molecule has 1 aliphatic rings. The van der Waals surface area contributed by atoms with Gasteiger partial charge in [-0.25, -0.2) is 9.97 Å². The summed E-state index contributed by atoms with van der Waals surface area (Å²) in [6.45, 7) is 1.22. The minimum atomic E-state index is -0.407. The van der Waals surface area contributed by atoms with Crippen LogP contribution in [0.15, 0.2) is 30.9 Å². The van der Waals surface area contributed by atoms with Crippen LogP contribution in [0, 0.1) is 0 Å². The smallest absolute Gasteiger partial charge is 0.243 e. The molecule has 0 aromatic carbocycles. The molecule has 1 aliphatic heterocycles. The molecule has 9 nitrogen and oxygen atoms in total. The van der Waals surface area contributed by atoms with Gasteiger partial charge in [0.15, 0.2) is 5.82 Å². The molecule has 0 saturated heterocycles. The molecule has 0 bridgehead atoms. The Labute approximate surface area is 143 Å². The first kappa shape index (κ1) is 15.5. The standard InChI is InChI=1S/C16H18N8O/c25-16(14-13-11(3-6-18-14)20-9-21-13)19-7-4-12-22-15(24-23-12)10-2-1-5-17-8-10/h1-2,5,8-9,14,18H,3-4,6-7H2,(H,19,25)(H,20,21)(H,22,23,24)/t14-/m1/s1. The summed E-state index contributed by atoms with van der Waals surface area (Å²) in [5.41, 5.74) is 2.66. The van der Waals surface area contributed by atoms with Gasteiger partial charge >= 0.3 is 0 Å². The van der Waals surface area contributed by atoms with E-state index in [1.807, 2.05) is 12.1 Å². The molecule has 128 valence electrons. The van der Waals surface area contributed by atoms with Crippen LogP contribution in [0.4, 0.5) is 0 Å². The second-order valence-corrected chi connectivity index (χ2v) is 5.79. The highest BCUT2D eigenvalue weighted by Gasteiger charge is 2.28.